The summed E-state index contributed by atoms with van der Waals surface area (Å²) in [6.07, 6.45) is -12.0. The van der Waals surface area contributed by atoms with Crippen molar-refractivity contribution in [2.75, 3.05) is 19.8 Å². The molecule has 0 radical (unpaired) electrons. The van der Waals surface area contributed by atoms with Crippen molar-refractivity contribution in [3.05, 3.63) is 0 Å². The van der Waals surface area contributed by atoms with E-state index in [1.54, 1.807) is 0 Å². The second-order valence-electron chi connectivity index (χ2n) is 4.80. The van der Waals surface area contributed by atoms with Gasteiger partial charge in [-0.15, -0.1) is 0 Å². The van der Waals surface area contributed by atoms with Crippen LogP contribution in [0.3, 0.4) is 0 Å². The Balaban J connectivity index is 2.68. The van der Waals surface area contributed by atoms with Gasteiger partial charge in [-0.1, -0.05) is 0 Å². The quantitative estimate of drug-likeness (QED) is 0.216. The third-order valence-corrected chi connectivity index (χ3v) is 3.27. The lowest BCUT2D eigenvalue weighted by atomic mass is 10.1. The molecule has 1 aliphatic rings. The van der Waals surface area contributed by atoms with Gasteiger partial charge in [-0.25, -0.2) is 0 Å². The van der Waals surface area contributed by atoms with Gasteiger partial charge in [-0.3, -0.25) is 0 Å². The molecule has 21 heavy (non-hydrogen) atoms. The highest BCUT2D eigenvalue weighted by Crippen LogP contribution is 2.26. The molecule has 0 aromatic carbocycles. The summed E-state index contributed by atoms with van der Waals surface area (Å²) in [5, 5.41) is 74.4. The van der Waals surface area contributed by atoms with E-state index >= 15 is 0 Å². The van der Waals surface area contributed by atoms with Crippen LogP contribution in [0.2, 0.25) is 0 Å². The molecule has 0 saturated carbocycles. The summed E-state index contributed by atoms with van der Waals surface area (Å²) in [5.41, 5.74) is 0. The normalized spacial score (nSPS) is 35.4. The molecule has 0 aliphatic carbocycles. The molecule has 8 atom stereocenters. The van der Waals surface area contributed by atoms with E-state index in [4.69, 9.17) is 24.8 Å². The molecule has 1 heterocycles. The number of hydrogen-bond donors (Lipinski definition) is 8. The molecule has 0 spiro atoms. The average Bonchev–Trinajstić information content (AvgIpc) is 2.78. The second kappa shape index (κ2) is 8.29. The molecule has 0 aromatic heterocycles. The molecule has 1 fully saturated rings. The standard InChI is InChI=1S/C11H22O10/c12-1-4(15)7(17)6(3-14)20-11-9(19)8(18)10(21-11)5(16)2-13/h4-19H,1-3H2/t4-,5-,6-,7-,8-,9-,10+,11-/m1/s1. The smallest absolute Gasteiger partial charge is 0.187 e. The Bertz CT molecular complexity index is 303. The first-order valence-electron chi connectivity index (χ1n) is 6.41. The van der Waals surface area contributed by atoms with Gasteiger partial charge in [-0.05, 0) is 0 Å². The van der Waals surface area contributed by atoms with Crippen LogP contribution in [0.15, 0.2) is 0 Å². The van der Waals surface area contributed by atoms with Crippen LogP contribution < -0.4 is 0 Å². The van der Waals surface area contributed by atoms with Crippen LogP contribution in [0.25, 0.3) is 0 Å². The molecular weight excluding hydrogens is 292 g/mol. The Hall–Kier alpha value is -0.400. The first-order chi connectivity index (χ1) is 9.87. The van der Waals surface area contributed by atoms with E-state index in [0.717, 1.165) is 0 Å². The molecular formula is C11H22O10. The zero-order valence-corrected chi connectivity index (χ0v) is 11.1. The van der Waals surface area contributed by atoms with Crippen molar-refractivity contribution in [1.29, 1.82) is 0 Å². The van der Waals surface area contributed by atoms with E-state index in [1.165, 1.54) is 0 Å². The predicted octanol–water partition coefficient (Wildman–Crippen LogP) is -5.12. The minimum absolute atomic E-state index is 0.712. The van der Waals surface area contributed by atoms with Crippen molar-refractivity contribution >= 4 is 0 Å². The Morgan fingerprint density at radius 2 is 1.52 bits per heavy atom. The molecule has 0 aromatic rings. The lowest BCUT2D eigenvalue weighted by Crippen LogP contribution is -2.46. The van der Waals surface area contributed by atoms with Gasteiger partial charge in [0.05, 0.1) is 19.8 Å². The average molecular weight is 314 g/mol. The largest absolute Gasteiger partial charge is 0.394 e. The zero-order valence-electron chi connectivity index (χ0n) is 11.1. The summed E-state index contributed by atoms with van der Waals surface area (Å²) in [6, 6.07) is 0. The third-order valence-electron chi connectivity index (χ3n) is 3.27. The molecule has 126 valence electrons. The van der Waals surface area contributed by atoms with Gasteiger partial charge in [0, 0.05) is 0 Å². The molecule has 0 bridgehead atoms. The van der Waals surface area contributed by atoms with Gasteiger partial charge >= 0.3 is 0 Å². The number of ether oxygens (including phenoxy) is 2. The van der Waals surface area contributed by atoms with E-state index in [1.807, 2.05) is 0 Å². The zero-order chi connectivity index (χ0) is 16.2. The fourth-order valence-corrected chi connectivity index (χ4v) is 1.97. The van der Waals surface area contributed by atoms with Crippen molar-refractivity contribution in [3.63, 3.8) is 0 Å². The Kier molecular flexibility index (Phi) is 7.36. The van der Waals surface area contributed by atoms with Crippen molar-refractivity contribution in [1.82, 2.24) is 0 Å². The highest BCUT2D eigenvalue weighted by molar-refractivity contribution is 4.91. The summed E-state index contributed by atoms with van der Waals surface area (Å²) < 4.78 is 10.1. The van der Waals surface area contributed by atoms with Crippen LogP contribution in [-0.4, -0.2) is 110 Å². The van der Waals surface area contributed by atoms with E-state index in [2.05, 4.69) is 0 Å². The van der Waals surface area contributed by atoms with Gasteiger partial charge in [0.1, 0.15) is 42.7 Å². The molecule has 8 N–H and O–H groups in total. The van der Waals surface area contributed by atoms with E-state index in [0.29, 0.717) is 0 Å². The van der Waals surface area contributed by atoms with E-state index in [9.17, 15) is 25.5 Å². The molecule has 1 aliphatic heterocycles. The minimum Gasteiger partial charge on any atom is -0.394 e. The number of hydrogen-bond acceptors (Lipinski definition) is 10. The highest BCUT2D eigenvalue weighted by Gasteiger charge is 2.47. The second-order valence-corrected chi connectivity index (χ2v) is 4.80. The monoisotopic (exact) mass is 314 g/mol. The Morgan fingerprint density at radius 1 is 0.905 bits per heavy atom. The van der Waals surface area contributed by atoms with Crippen molar-refractivity contribution in [3.8, 4) is 0 Å². The Morgan fingerprint density at radius 3 is 2.00 bits per heavy atom. The first-order valence-corrected chi connectivity index (χ1v) is 6.41. The predicted molar refractivity (Wildman–Crippen MR) is 64.8 cm³/mol. The summed E-state index contributed by atoms with van der Waals surface area (Å²) in [4.78, 5) is 0. The van der Waals surface area contributed by atoms with Gasteiger partial charge in [0.2, 0.25) is 0 Å². The lowest BCUT2D eigenvalue weighted by Gasteiger charge is -2.28. The maximum Gasteiger partial charge on any atom is 0.187 e. The molecule has 1 rings (SSSR count). The number of rotatable bonds is 8. The number of aliphatic hydroxyl groups excluding tert-OH is 8. The lowest BCUT2D eigenvalue weighted by molar-refractivity contribution is -0.233. The minimum atomic E-state index is -1.66. The van der Waals surface area contributed by atoms with Gasteiger partial charge in [0.25, 0.3) is 0 Å². The van der Waals surface area contributed by atoms with Crippen molar-refractivity contribution in [2.45, 2.75) is 49.0 Å². The summed E-state index contributed by atoms with van der Waals surface area (Å²) >= 11 is 0. The SMILES string of the molecule is OC[C@@H](O)[C@@H](O)[C@@H](CO)O[C@@H]1O[C@@H]([C@H](O)CO)[C@H](O)[C@H]1O. The van der Waals surface area contributed by atoms with Crippen LogP contribution in [0.5, 0.6) is 0 Å². The van der Waals surface area contributed by atoms with Crippen LogP contribution in [0.1, 0.15) is 0 Å². The third kappa shape index (κ3) is 4.29. The Labute approximate surface area is 120 Å². The molecule has 10 heteroatoms. The van der Waals surface area contributed by atoms with Gasteiger partial charge in [0.15, 0.2) is 6.29 Å². The topological polar surface area (TPSA) is 180 Å². The van der Waals surface area contributed by atoms with Crippen molar-refractivity contribution < 1.29 is 50.3 Å². The fraction of sp³-hybridized carbons (Fsp3) is 1.00. The number of aliphatic hydroxyl groups is 8. The van der Waals surface area contributed by atoms with Crippen molar-refractivity contribution in [2.24, 2.45) is 0 Å². The molecule has 1 saturated heterocycles. The highest BCUT2D eigenvalue weighted by atomic mass is 16.7. The van der Waals surface area contributed by atoms with Gasteiger partial charge in [-0.2, -0.15) is 0 Å². The summed E-state index contributed by atoms with van der Waals surface area (Å²) in [7, 11) is 0. The molecule has 10 nitrogen and oxygen atoms in total. The maximum atomic E-state index is 9.73. The molecule has 0 amide bonds. The van der Waals surface area contributed by atoms with E-state index in [-0.39, 0.29) is 0 Å². The van der Waals surface area contributed by atoms with Crippen LogP contribution >= 0.6 is 0 Å². The van der Waals surface area contributed by atoms with Crippen LogP contribution in [0.4, 0.5) is 0 Å². The maximum absolute atomic E-state index is 9.73. The molecule has 0 unspecified atom stereocenters. The van der Waals surface area contributed by atoms with Crippen LogP contribution in [0, 0.1) is 0 Å². The van der Waals surface area contributed by atoms with Crippen LogP contribution in [-0.2, 0) is 9.47 Å². The first kappa shape index (κ1) is 18.6. The summed E-state index contributed by atoms with van der Waals surface area (Å²) in [6.45, 7) is -2.24. The fourth-order valence-electron chi connectivity index (χ4n) is 1.97. The summed E-state index contributed by atoms with van der Waals surface area (Å²) in [5.74, 6) is 0. The van der Waals surface area contributed by atoms with Gasteiger partial charge < -0.3 is 50.3 Å². The van der Waals surface area contributed by atoms with E-state index < -0.39 is 68.8 Å².